The third-order valence-electron chi connectivity index (χ3n) is 3.22. The van der Waals surface area contributed by atoms with Crippen molar-refractivity contribution in [3.05, 3.63) is 67.3 Å². The third kappa shape index (κ3) is 6.54. The van der Waals surface area contributed by atoms with Gasteiger partial charge in [-0.05, 0) is 59.0 Å². The second kappa shape index (κ2) is 9.07. The lowest BCUT2D eigenvalue weighted by Gasteiger charge is -2.08. The fourth-order valence-electron chi connectivity index (χ4n) is 2.02. The molecular formula is C16H12INO9S. The van der Waals surface area contributed by atoms with Crippen LogP contribution < -0.4 is 4.74 Å². The van der Waals surface area contributed by atoms with Crippen molar-refractivity contribution in [2.45, 2.75) is 6.61 Å². The Morgan fingerprint density at radius 2 is 1.79 bits per heavy atom. The van der Waals surface area contributed by atoms with Crippen LogP contribution in [0.4, 0.5) is 5.69 Å². The Labute approximate surface area is 172 Å². The van der Waals surface area contributed by atoms with Crippen molar-refractivity contribution in [2.24, 2.45) is 0 Å². The quantitative estimate of drug-likeness (QED) is 0.145. The first-order chi connectivity index (χ1) is 13.0. The average Bonchev–Trinajstić information content (AvgIpc) is 2.60. The Morgan fingerprint density at radius 3 is 2.36 bits per heavy atom. The van der Waals surface area contributed by atoms with Gasteiger partial charge in [0.05, 0.1) is 16.1 Å². The van der Waals surface area contributed by atoms with E-state index in [1.165, 1.54) is 6.07 Å². The van der Waals surface area contributed by atoms with E-state index in [9.17, 15) is 28.1 Å². The maximum absolute atomic E-state index is 12.2. The molecule has 10 nitrogen and oxygen atoms in total. The van der Waals surface area contributed by atoms with Crippen LogP contribution in [0.2, 0.25) is 0 Å². The van der Waals surface area contributed by atoms with E-state index >= 15 is 0 Å². The van der Waals surface area contributed by atoms with Crippen LogP contribution in [0.15, 0.2) is 42.5 Å². The maximum atomic E-state index is 12.2. The molecule has 28 heavy (non-hydrogen) atoms. The number of halogens is 1. The fraction of sp³-hybridized carbons (Fsp3) is 0.125. The Kier molecular flexibility index (Phi) is 7.04. The Morgan fingerprint density at radius 1 is 1.14 bits per heavy atom. The molecule has 0 aliphatic rings. The maximum Gasteiger partial charge on any atom is 0.343 e. The molecule has 0 aromatic heterocycles. The summed E-state index contributed by atoms with van der Waals surface area (Å²) in [5, 5.41) is 11.1. The van der Waals surface area contributed by atoms with E-state index in [2.05, 4.69) is 27.3 Å². The molecule has 2 aromatic carbocycles. The first-order valence-corrected chi connectivity index (χ1v) is 10.1. The molecule has 2 aromatic rings. The highest BCUT2D eigenvalue weighted by molar-refractivity contribution is 14.1. The van der Waals surface area contributed by atoms with Crippen LogP contribution in [0.5, 0.6) is 5.75 Å². The molecule has 0 fully saturated rings. The zero-order valence-corrected chi connectivity index (χ0v) is 16.9. The molecule has 0 saturated carbocycles. The minimum Gasteiger partial charge on any atom is -0.460 e. The van der Waals surface area contributed by atoms with Crippen LogP contribution >= 0.6 is 22.6 Å². The topological polar surface area (TPSA) is 150 Å². The number of hydrogen-bond donors (Lipinski definition) is 1. The highest BCUT2D eigenvalue weighted by Gasteiger charge is 2.21. The molecule has 0 spiro atoms. The number of hydrogen-bond acceptors (Lipinski definition) is 8. The molecule has 12 heteroatoms. The van der Waals surface area contributed by atoms with E-state index < -0.39 is 45.0 Å². The summed E-state index contributed by atoms with van der Waals surface area (Å²) in [6.07, 6.45) is 0. The second-order valence-electron chi connectivity index (χ2n) is 5.33. The Hall–Kier alpha value is -2.58. The van der Waals surface area contributed by atoms with Gasteiger partial charge in [-0.2, -0.15) is 8.42 Å². The van der Waals surface area contributed by atoms with Crippen molar-refractivity contribution >= 4 is 50.3 Å². The molecular weight excluding hydrogens is 509 g/mol. The van der Waals surface area contributed by atoms with Gasteiger partial charge in [0.15, 0.2) is 5.75 Å². The smallest absolute Gasteiger partial charge is 0.343 e. The minimum absolute atomic E-state index is 0.0371. The first-order valence-electron chi connectivity index (χ1n) is 7.41. The summed E-state index contributed by atoms with van der Waals surface area (Å²) in [5.74, 6) is -3.12. The lowest BCUT2D eigenvalue weighted by Crippen LogP contribution is -2.18. The summed E-state index contributed by atoms with van der Waals surface area (Å²) in [4.78, 5) is 34.0. The van der Waals surface area contributed by atoms with E-state index in [-0.39, 0.29) is 16.9 Å². The van der Waals surface area contributed by atoms with Crippen molar-refractivity contribution in [2.75, 3.05) is 5.75 Å². The average molecular weight is 521 g/mol. The van der Waals surface area contributed by atoms with Gasteiger partial charge >= 0.3 is 11.9 Å². The molecule has 0 aliphatic carbocycles. The molecule has 148 valence electrons. The molecule has 0 bridgehead atoms. The molecule has 0 unspecified atom stereocenters. The highest BCUT2D eigenvalue weighted by Crippen LogP contribution is 2.23. The monoisotopic (exact) mass is 521 g/mol. The van der Waals surface area contributed by atoms with E-state index in [1.807, 2.05) is 0 Å². The van der Waals surface area contributed by atoms with Crippen LogP contribution in [0.3, 0.4) is 0 Å². The summed E-state index contributed by atoms with van der Waals surface area (Å²) in [5.41, 5.74) is -0.624. The number of esters is 2. The van der Waals surface area contributed by atoms with Gasteiger partial charge in [-0.15, -0.1) is 0 Å². The number of benzene rings is 2. The number of carbonyl (C=O) groups excluding carboxylic acids is 2. The largest absolute Gasteiger partial charge is 0.460 e. The number of rotatable bonds is 7. The standard InChI is InChI=1S/C16H12INO9S/c17-12-2-4-13(5-3-12)27-16(20)10-1-6-14(18(21)22)11(7-10)8-26-15(19)9-28(23,24)25/h1-7H,8-9H2,(H,23,24,25). The highest BCUT2D eigenvalue weighted by atomic mass is 127. The fourth-order valence-corrected chi connectivity index (χ4v) is 2.76. The van der Waals surface area contributed by atoms with Crippen molar-refractivity contribution in [1.82, 2.24) is 0 Å². The Balaban J connectivity index is 2.19. The van der Waals surface area contributed by atoms with Gasteiger partial charge in [0, 0.05) is 9.64 Å². The summed E-state index contributed by atoms with van der Waals surface area (Å²) in [7, 11) is -4.60. The van der Waals surface area contributed by atoms with E-state index in [1.54, 1.807) is 24.3 Å². The zero-order valence-electron chi connectivity index (χ0n) is 13.9. The van der Waals surface area contributed by atoms with Gasteiger partial charge in [0.1, 0.15) is 12.4 Å². The SMILES string of the molecule is O=C(CS(=O)(=O)O)OCc1cc(C(=O)Oc2ccc(I)cc2)ccc1[N+](=O)[O-]. The van der Waals surface area contributed by atoms with Gasteiger partial charge in [0.25, 0.3) is 15.8 Å². The number of nitro groups is 1. The number of carbonyl (C=O) groups is 2. The van der Waals surface area contributed by atoms with E-state index in [0.29, 0.717) is 0 Å². The minimum atomic E-state index is -4.60. The second-order valence-corrected chi connectivity index (χ2v) is 8.03. The van der Waals surface area contributed by atoms with Crippen molar-refractivity contribution in [3.8, 4) is 5.75 Å². The van der Waals surface area contributed by atoms with Gasteiger partial charge in [-0.3, -0.25) is 19.5 Å². The molecule has 0 heterocycles. The van der Waals surface area contributed by atoms with Crippen LogP contribution in [0.25, 0.3) is 0 Å². The molecule has 0 amide bonds. The number of ether oxygens (including phenoxy) is 2. The summed E-state index contributed by atoms with van der Waals surface area (Å²) >= 11 is 2.08. The van der Waals surface area contributed by atoms with E-state index in [4.69, 9.17) is 9.29 Å². The van der Waals surface area contributed by atoms with Gasteiger partial charge in [-0.1, -0.05) is 0 Å². The van der Waals surface area contributed by atoms with Gasteiger partial charge in [-0.25, -0.2) is 4.79 Å². The predicted octanol–water partition coefficient (Wildman–Crippen LogP) is 2.35. The molecule has 0 aliphatic heterocycles. The molecule has 0 atom stereocenters. The summed E-state index contributed by atoms with van der Waals surface area (Å²) < 4.78 is 40.6. The van der Waals surface area contributed by atoms with Crippen LogP contribution in [0, 0.1) is 13.7 Å². The molecule has 0 saturated heterocycles. The summed E-state index contributed by atoms with van der Waals surface area (Å²) in [6.45, 7) is -0.671. The zero-order chi connectivity index (χ0) is 20.9. The van der Waals surface area contributed by atoms with Gasteiger partial charge in [0.2, 0.25) is 0 Å². The molecule has 2 rings (SSSR count). The van der Waals surface area contributed by atoms with Crippen molar-refractivity contribution in [3.63, 3.8) is 0 Å². The third-order valence-corrected chi connectivity index (χ3v) is 4.54. The first kappa shape index (κ1) is 21.7. The van der Waals surface area contributed by atoms with Crippen LogP contribution in [-0.4, -0.2) is 35.6 Å². The number of nitro benzene ring substituents is 1. The molecule has 0 radical (unpaired) electrons. The van der Waals surface area contributed by atoms with Crippen molar-refractivity contribution < 1.29 is 37.0 Å². The van der Waals surface area contributed by atoms with Crippen LogP contribution in [0.1, 0.15) is 15.9 Å². The number of nitrogens with zero attached hydrogens (tertiary/aromatic N) is 1. The van der Waals surface area contributed by atoms with Gasteiger partial charge < -0.3 is 9.47 Å². The summed E-state index contributed by atoms with van der Waals surface area (Å²) in [6, 6.07) is 9.91. The Bertz CT molecular complexity index is 1020. The normalized spacial score (nSPS) is 10.9. The van der Waals surface area contributed by atoms with Crippen LogP contribution in [-0.2, 0) is 26.3 Å². The van der Waals surface area contributed by atoms with Crippen molar-refractivity contribution in [1.29, 1.82) is 0 Å². The lowest BCUT2D eigenvalue weighted by atomic mass is 10.1. The van der Waals surface area contributed by atoms with E-state index in [0.717, 1.165) is 15.7 Å². The lowest BCUT2D eigenvalue weighted by molar-refractivity contribution is -0.385. The molecule has 1 N–H and O–H groups in total. The predicted molar refractivity (Wildman–Crippen MR) is 103 cm³/mol.